The Morgan fingerprint density at radius 3 is 2.69 bits per heavy atom. The molecule has 0 saturated carbocycles. The Balaban J connectivity index is 3.37. The topological polar surface area (TPSA) is 65.1 Å². The average Bonchev–Trinajstić information content (AvgIpc) is 2.07. The van der Waals surface area contributed by atoms with Gasteiger partial charge in [-0.3, -0.25) is 9.59 Å². The lowest BCUT2D eigenvalue weighted by Crippen LogP contribution is -2.23. The lowest BCUT2D eigenvalue weighted by Gasteiger charge is -2.06. The van der Waals surface area contributed by atoms with Gasteiger partial charge in [0.25, 0.3) is 5.91 Å². The van der Waals surface area contributed by atoms with Crippen LogP contribution < -0.4 is 11.2 Å². The zero-order chi connectivity index (χ0) is 10.0. The molecule has 1 aromatic rings. The Kier molecular flexibility index (Phi) is 2.51. The molecular formula is C9H12N2O2. The van der Waals surface area contributed by atoms with Crippen LogP contribution in [0.25, 0.3) is 0 Å². The standard InChI is InChI=1S/C9H12N2O2/c1-3-6-4-8(12)7(9(10)13)5-11(6)2/h4-5H,3H2,1-2H3,(H2,10,13). The highest BCUT2D eigenvalue weighted by Crippen LogP contribution is 1.98. The number of nitrogens with zero attached hydrogens (tertiary/aromatic N) is 1. The van der Waals surface area contributed by atoms with Crippen LogP contribution >= 0.6 is 0 Å². The molecule has 0 aliphatic heterocycles. The van der Waals surface area contributed by atoms with Gasteiger partial charge < -0.3 is 10.3 Å². The highest BCUT2D eigenvalue weighted by Gasteiger charge is 2.07. The summed E-state index contributed by atoms with van der Waals surface area (Å²) in [4.78, 5) is 22.1. The van der Waals surface area contributed by atoms with Crippen molar-refractivity contribution < 1.29 is 4.79 Å². The van der Waals surface area contributed by atoms with Crippen molar-refractivity contribution in [3.63, 3.8) is 0 Å². The molecule has 4 nitrogen and oxygen atoms in total. The monoisotopic (exact) mass is 180 g/mol. The van der Waals surface area contributed by atoms with Gasteiger partial charge in [0.05, 0.1) is 0 Å². The van der Waals surface area contributed by atoms with E-state index < -0.39 is 5.91 Å². The third kappa shape index (κ3) is 1.77. The molecule has 0 aliphatic rings. The predicted octanol–water partition coefficient (Wildman–Crippen LogP) is 0.0466. The molecule has 0 fully saturated rings. The van der Waals surface area contributed by atoms with E-state index >= 15 is 0 Å². The van der Waals surface area contributed by atoms with Crippen molar-refractivity contribution in [3.05, 3.63) is 33.7 Å². The summed E-state index contributed by atoms with van der Waals surface area (Å²) in [5, 5.41) is 0. The summed E-state index contributed by atoms with van der Waals surface area (Å²) in [5.74, 6) is -0.678. The first-order chi connectivity index (χ1) is 6.06. The van der Waals surface area contributed by atoms with Gasteiger partial charge in [0.2, 0.25) is 0 Å². The summed E-state index contributed by atoms with van der Waals surface area (Å²) in [6.07, 6.45) is 2.23. The minimum Gasteiger partial charge on any atom is -0.365 e. The zero-order valence-electron chi connectivity index (χ0n) is 7.70. The summed E-state index contributed by atoms with van der Waals surface area (Å²) in [6.45, 7) is 1.94. The van der Waals surface area contributed by atoms with E-state index in [0.29, 0.717) is 0 Å². The number of pyridine rings is 1. The average molecular weight is 180 g/mol. The number of aromatic nitrogens is 1. The van der Waals surface area contributed by atoms with Crippen LogP contribution in [0.4, 0.5) is 0 Å². The molecule has 0 aromatic carbocycles. The predicted molar refractivity (Wildman–Crippen MR) is 49.6 cm³/mol. The smallest absolute Gasteiger partial charge is 0.254 e. The van der Waals surface area contributed by atoms with E-state index in [9.17, 15) is 9.59 Å². The second-order valence-corrected chi connectivity index (χ2v) is 2.87. The number of carbonyl (C=O) groups excluding carboxylic acids is 1. The Bertz CT molecular complexity index is 393. The Hall–Kier alpha value is -1.58. The zero-order valence-corrected chi connectivity index (χ0v) is 7.70. The van der Waals surface area contributed by atoms with Gasteiger partial charge in [-0.1, -0.05) is 6.92 Å². The van der Waals surface area contributed by atoms with E-state index in [1.807, 2.05) is 6.92 Å². The van der Waals surface area contributed by atoms with Gasteiger partial charge >= 0.3 is 0 Å². The van der Waals surface area contributed by atoms with Crippen molar-refractivity contribution in [2.24, 2.45) is 12.8 Å². The van der Waals surface area contributed by atoms with E-state index in [-0.39, 0.29) is 11.0 Å². The number of primary amides is 1. The summed E-state index contributed by atoms with van der Waals surface area (Å²) in [6, 6.07) is 1.44. The van der Waals surface area contributed by atoms with Crippen LogP contribution in [0.1, 0.15) is 23.0 Å². The number of amides is 1. The minimum atomic E-state index is -0.678. The molecular weight excluding hydrogens is 168 g/mol. The third-order valence-electron chi connectivity index (χ3n) is 1.97. The minimum absolute atomic E-state index is 0.0414. The molecule has 4 heteroatoms. The number of hydrogen-bond acceptors (Lipinski definition) is 2. The van der Waals surface area contributed by atoms with Crippen LogP contribution in [-0.2, 0) is 13.5 Å². The number of hydrogen-bond donors (Lipinski definition) is 1. The molecule has 2 N–H and O–H groups in total. The summed E-state index contributed by atoms with van der Waals surface area (Å²) < 4.78 is 1.74. The summed E-state index contributed by atoms with van der Waals surface area (Å²) in [7, 11) is 1.78. The first-order valence-corrected chi connectivity index (χ1v) is 4.05. The van der Waals surface area contributed by atoms with Crippen molar-refractivity contribution in [2.75, 3.05) is 0 Å². The number of carbonyl (C=O) groups is 1. The molecule has 1 heterocycles. The maximum Gasteiger partial charge on any atom is 0.254 e. The van der Waals surface area contributed by atoms with Gasteiger partial charge in [0.15, 0.2) is 5.43 Å². The van der Waals surface area contributed by atoms with Crippen LogP contribution in [0.3, 0.4) is 0 Å². The van der Waals surface area contributed by atoms with E-state index in [0.717, 1.165) is 12.1 Å². The molecule has 1 rings (SSSR count). The van der Waals surface area contributed by atoms with Gasteiger partial charge in [-0.15, -0.1) is 0 Å². The van der Waals surface area contributed by atoms with E-state index in [4.69, 9.17) is 5.73 Å². The van der Waals surface area contributed by atoms with Gasteiger partial charge in [0.1, 0.15) is 5.56 Å². The van der Waals surface area contributed by atoms with E-state index in [1.54, 1.807) is 11.6 Å². The molecule has 0 bridgehead atoms. The van der Waals surface area contributed by atoms with Crippen LogP contribution in [0, 0.1) is 0 Å². The Morgan fingerprint density at radius 1 is 1.62 bits per heavy atom. The molecule has 0 unspecified atom stereocenters. The SMILES string of the molecule is CCc1cc(=O)c(C(N)=O)cn1C. The van der Waals surface area contributed by atoms with E-state index in [1.165, 1.54) is 12.3 Å². The first-order valence-electron chi connectivity index (χ1n) is 4.05. The summed E-state index contributed by atoms with van der Waals surface area (Å²) in [5.41, 5.74) is 5.65. The highest BCUT2D eigenvalue weighted by atomic mass is 16.2. The first kappa shape index (κ1) is 9.51. The lowest BCUT2D eigenvalue weighted by atomic mass is 10.2. The van der Waals surface area contributed by atoms with Crippen molar-refractivity contribution in [3.8, 4) is 0 Å². The van der Waals surface area contributed by atoms with Crippen molar-refractivity contribution in [2.45, 2.75) is 13.3 Å². The second kappa shape index (κ2) is 3.43. The molecule has 70 valence electrons. The quantitative estimate of drug-likeness (QED) is 0.698. The van der Waals surface area contributed by atoms with Crippen LogP contribution in [-0.4, -0.2) is 10.5 Å². The molecule has 0 spiro atoms. The highest BCUT2D eigenvalue weighted by molar-refractivity contribution is 5.92. The fraction of sp³-hybridized carbons (Fsp3) is 0.333. The molecule has 0 atom stereocenters. The van der Waals surface area contributed by atoms with Crippen molar-refractivity contribution in [1.82, 2.24) is 4.57 Å². The molecule has 0 radical (unpaired) electrons. The number of rotatable bonds is 2. The Morgan fingerprint density at radius 2 is 2.23 bits per heavy atom. The lowest BCUT2D eigenvalue weighted by molar-refractivity contribution is 0.0998. The second-order valence-electron chi connectivity index (χ2n) is 2.87. The van der Waals surface area contributed by atoms with Gasteiger partial charge in [-0.25, -0.2) is 0 Å². The fourth-order valence-electron chi connectivity index (χ4n) is 1.21. The molecule has 0 saturated heterocycles. The van der Waals surface area contributed by atoms with Crippen molar-refractivity contribution in [1.29, 1.82) is 0 Å². The fourth-order valence-corrected chi connectivity index (χ4v) is 1.21. The van der Waals surface area contributed by atoms with Gasteiger partial charge in [-0.2, -0.15) is 0 Å². The Labute approximate surface area is 76.0 Å². The van der Waals surface area contributed by atoms with Crippen LogP contribution in [0.5, 0.6) is 0 Å². The number of aryl methyl sites for hydroxylation is 2. The molecule has 1 amide bonds. The maximum absolute atomic E-state index is 11.3. The number of nitrogens with two attached hydrogens (primary N) is 1. The molecule has 1 aromatic heterocycles. The summed E-state index contributed by atoms with van der Waals surface area (Å²) >= 11 is 0. The van der Waals surface area contributed by atoms with E-state index in [2.05, 4.69) is 0 Å². The maximum atomic E-state index is 11.3. The third-order valence-corrected chi connectivity index (χ3v) is 1.97. The normalized spacial score (nSPS) is 10.0. The van der Waals surface area contributed by atoms with Crippen LogP contribution in [0.2, 0.25) is 0 Å². The molecule has 13 heavy (non-hydrogen) atoms. The van der Waals surface area contributed by atoms with Crippen LogP contribution in [0.15, 0.2) is 17.1 Å². The van der Waals surface area contributed by atoms with Gasteiger partial charge in [0, 0.05) is 25.0 Å². The van der Waals surface area contributed by atoms with Crippen molar-refractivity contribution >= 4 is 5.91 Å². The van der Waals surface area contributed by atoms with Gasteiger partial charge in [-0.05, 0) is 6.42 Å². The molecule has 0 aliphatic carbocycles. The largest absolute Gasteiger partial charge is 0.365 e.